The number of hydrogen-bond donors (Lipinski definition) is 1. The maximum atomic E-state index is 12.3. The SMILES string of the molecule is CCCOc1ccc(/C=C(\C#N)C(=O)Nc2ccc(Cl)cc2)cc1OC. The lowest BCUT2D eigenvalue weighted by Crippen LogP contribution is -2.13. The number of hydrogen-bond acceptors (Lipinski definition) is 4. The van der Waals surface area contributed by atoms with E-state index in [1.165, 1.54) is 6.08 Å². The summed E-state index contributed by atoms with van der Waals surface area (Å²) in [7, 11) is 1.54. The summed E-state index contributed by atoms with van der Waals surface area (Å²) in [5, 5.41) is 12.6. The van der Waals surface area contributed by atoms with Crippen LogP contribution < -0.4 is 14.8 Å². The Hall–Kier alpha value is -2.97. The topological polar surface area (TPSA) is 71.3 Å². The van der Waals surface area contributed by atoms with Crippen LogP contribution in [0.1, 0.15) is 18.9 Å². The van der Waals surface area contributed by atoms with Gasteiger partial charge >= 0.3 is 0 Å². The molecule has 0 heterocycles. The number of rotatable bonds is 7. The van der Waals surface area contributed by atoms with Crippen molar-refractivity contribution < 1.29 is 14.3 Å². The molecule has 2 aromatic carbocycles. The molecule has 6 heteroatoms. The molecule has 0 spiro atoms. The van der Waals surface area contributed by atoms with Gasteiger partial charge in [-0.25, -0.2) is 0 Å². The predicted molar refractivity (Wildman–Crippen MR) is 102 cm³/mol. The van der Waals surface area contributed by atoms with Gasteiger partial charge in [-0.1, -0.05) is 24.6 Å². The van der Waals surface area contributed by atoms with Crippen LogP contribution in [0.5, 0.6) is 11.5 Å². The molecule has 0 radical (unpaired) electrons. The van der Waals surface area contributed by atoms with E-state index in [1.54, 1.807) is 49.6 Å². The first kappa shape index (κ1) is 19.4. The van der Waals surface area contributed by atoms with Gasteiger partial charge in [0.25, 0.3) is 5.91 Å². The quantitative estimate of drug-likeness (QED) is 0.567. The molecule has 0 aromatic heterocycles. The highest BCUT2D eigenvalue weighted by Gasteiger charge is 2.11. The maximum absolute atomic E-state index is 12.3. The Morgan fingerprint density at radius 3 is 2.58 bits per heavy atom. The van der Waals surface area contributed by atoms with E-state index in [2.05, 4.69) is 5.32 Å². The fraction of sp³-hybridized carbons (Fsp3) is 0.200. The zero-order valence-corrected chi connectivity index (χ0v) is 15.3. The molecule has 2 rings (SSSR count). The second-order valence-electron chi connectivity index (χ2n) is 5.39. The summed E-state index contributed by atoms with van der Waals surface area (Å²) in [5.41, 5.74) is 1.19. The number of carbonyl (C=O) groups is 1. The number of halogens is 1. The molecular formula is C20H19ClN2O3. The molecule has 2 aromatic rings. The van der Waals surface area contributed by atoms with Crippen LogP contribution in [0, 0.1) is 11.3 Å². The molecule has 134 valence electrons. The lowest BCUT2D eigenvalue weighted by molar-refractivity contribution is -0.112. The van der Waals surface area contributed by atoms with Crippen molar-refractivity contribution >= 4 is 29.3 Å². The molecule has 0 aliphatic carbocycles. The Morgan fingerprint density at radius 2 is 1.96 bits per heavy atom. The van der Waals surface area contributed by atoms with Crippen molar-refractivity contribution in [2.24, 2.45) is 0 Å². The Bertz CT molecular complexity index is 839. The third kappa shape index (κ3) is 5.27. The first-order valence-corrected chi connectivity index (χ1v) is 8.44. The lowest BCUT2D eigenvalue weighted by atomic mass is 10.1. The van der Waals surface area contributed by atoms with Gasteiger partial charge in [0.05, 0.1) is 13.7 Å². The highest BCUT2D eigenvalue weighted by Crippen LogP contribution is 2.29. The lowest BCUT2D eigenvalue weighted by Gasteiger charge is -2.10. The van der Waals surface area contributed by atoms with Gasteiger partial charge in [-0.15, -0.1) is 0 Å². The number of nitrogens with zero attached hydrogens (tertiary/aromatic N) is 1. The minimum atomic E-state index is -0.500. The number of methoxy groups -OCH3 is 1. The highest BCUT2D eigenvalue weighted by atomic mass is 35.5. The summed E-state index contributed by atoms with van der Waals surface area (Å²) in [4.78, 5) is 12.3. The molecule has 1 N–H and O–H groups in total. The van der Waals surface area contributed by atoms with Crippen molar-refractivity contribution in [1.29, 1.82) is 5.26 Å². The van der Waals surface area contributed by atoms with Crippen LogP contribution in [0.25, 0.3) is 6.08 Å². The Kier molecular flexibility index (Phi) is 7.07. The maximum Gasteiger partial charge on any atom is 0.266 e. The second-order valence-corrected chi connectivity index (χ2v) is 5.83. The highest BCUT2D eigenvalue weighted by molar-refractivity contribution is 6.30. The molecule has 0 saturated heterocycles. The van der Waals surface area contributed by atoms with Crippen LogP contribution in [0.2, 0.25) is 5.02 Å². The van der Waals surface area contributed by atoms with Gasteiger partial charge in [0.2, 0.25) is 0 Å². The van der Waals surface area contributed by atoms with E-state index in [4.69, 9.17) is 21.1 Å². The molecule has 0 bridgehead atoms. The van der Waals surface area contributed by atoms with Crippen LogP contribution in [0.3, 0.4) is 0 Å². The average Bonchev–Trinajstić information content (AvgIpc) is 2.66. The van der Waals surface area contributed by atoms with Crippen molar-refractivity contribution in [3.63, 3.8) is 0 Å². The summed E-state index contributed by atoms with van der Waals surface area (Å²) in [6.07, 6.45) is 2.38. The fourth-order valence-corrected chi connectivity index (χ4v) is 2.28. The summed E-state index contributed by atoms with van der Waals surface area (Å²) < 4.78 is 10.9. The molecule has 0 atom stereocenters. The van der Waals surface area contributed by atoms with E-state index in [0.29, 0.717) is 34.4 Å². The van der Waals surface area contributed by atoms with Crippen LogP contribution in [-0.4, -0.2) is 19.6 Å². The number of benzene rings is 2. The van der Waals surface area contributed by atoms with Gasteiger partial charge in [-0.05, 0) is 54.5 Å². The van der Waals surface area contributed by atoms with E-state index < -0.39 is 5.91 Å². The van der Waals surface area contributed by atoms with E-state index in [9.17, 15) is 10.1 Å². The van der Waals surface area contributed by atoms with Crippen LogP contribution >= 0.6 is 11.6 Å². The molecule has 0 saturated carbocycles. The van der Waals surface area contributed by atoms with Gasteiger partial charge in [0.15, 0.2) is 11.5 Å². The number of nitriles is 1. The number of carbonyl (C=O) groups excluding carboxylic acids is 1. The third-order valence-corrected chi connectivity index (χ3v) is 3.68. The smallest absolute Gasteiger partial charge is 0.266 e. The van der Waals surface area contributed by atoms with Gasteiger partial charge in [0, 0.05) is 10.7 Å². The van der Waals surface area contributed by atoms with Gasteiger partial charge in [0.1, 0.15) is 11.6 Å². The number of ether oxygens (including phenoxy) is 2. The van der Waals surface area contributed by atoms with Crippen molar-refractivity contribution in [2.75, 3.05) is 19.0 Å². The standard InChI is InChI=1S/C20H19ClN2O3/c1-3-10-26-18-9-4-14(12-19(18)25-2)11-15(13-22)20(24)23-17-7-5-16(21)6-8-17/h4-9,11-12H,3,10H2,1-2H3,(H,23,24)/b15-11+. The summed E-state index contributed by atoms with van der Waals surface area (Å²) >= 11 is 5.82. The minimum absolute atomic E-state index is 0.0239. The van der Waals surface area contributed by atoms with E-state index in [-0.39, 0.29) is 5.57 Å². The Balaban J connectivity index is 2.20. The van der Waals surface area contributed by atoms with Crippen molar-refractivity contribution in [3.05, 3.63) is 58.6 Å². The first-order valence-electron chi connectivity index (χ1n) is 8.07. The molecule has 0 fully saturated rings. The van der Waals surface area contributed by atoms with E-state index in [0.717, 1.165) is 6.42 Å². The summed E-state index contributed by atoms with van der Waals surface area (Å²) in [5.74, 6) is 0.665. The second kappa shape index (κ2) is 9.50. The summed E-state index contributed by atoms with van der Waals surface area (Å²) in [6, 6.07) is 13.8. The average molecular weight is 371 g/mol. The largest absolute Gasteiger partial charge is 0.493 e. The monoisotopic (exact) mass is 370 g/mol. The number of anilines is 1. The zero-order valence-electron chi connectivity index (χ0n) is 14.6. The number of amides is 1. The Morgan fingerprint density at radius 1 is 1.23 bits per heavy atom. The molecule has 26 heavy (non-hydrogen) atoms. The third-order valence-electron chi connectivity index (χ3n) is 3.43. The molecule has 1 amide bonds. The minimum Gasteiger partial charge on any atom is -0.493 e. The first-order chi connectivity index (χ1) is 12.6. The van der Waals surface area contributed by atoms with Crippen LogP contribution in [-0.2, 0) is 4.79 Å². The van der Waals surface area contributed by atoms with Crippen molar-refractivity contribution in [2.45, 2.75) is 13.3 Å². The zero-order chi connectivity index (χ0) is 18.9. The predicted octanol–water partition coefficient (Wildman–Crippen LogP) is 4.68. The molecule has 0 unspecified atom stereocenters. The molecule has 5 nitrogen and oxygen atoms in total. The molecule has 0 aliphatic heterocycles. The fourth-order valence-electron chi connectivity index (χ4n) is 2.15. The van der Waals surface area contributed by atoms with Crippen LogP contribution in [0.4, 0.5) is 5.69 Å². The van der Waals surface area contributed by atoms with Crippen LogP contribution in [0.15, 0.2) is 48.0 Å². The summed E-state index contributed by atoms with van der Waals surface area (Å²) in [6.45, 7) is 2.60. The van der Waals surface area contributed by atoms with Crippen molar-refractivity contribution in [1.82, 2.24) is 0 Å². The Labute approximate surface area is 157 Å². The van der Waals surface area contributed by atoms with E-state index >= 15 is 0 Å². The molecular weight excluding hydrogens is 352 g/mol. The van der Waals surface area contributed by atoms with Gasteiger partial charge < -0.3 is 14.8 Å². The van der Waals surface area contributed by atoms with Crippen molar-refractivity contribution in [3.8, 4) is 17.6 Å². The normalized spacial score (nSPS) is 10.8. The van der Waals surface area contributed by atoms with Gasteiger partial charge in [-0.3, -0.25) is 4.79 Å². The molecule has 0 aliphatic rings. The van der Waals surface area contributed by atoms with Gasteiger partial charge in [-0.2, -0.15) is 5.26 Å². The van der Waals surface area contributed by atoms with E-state index in [1.807, 2.05) is 13.0 Å². The number of nitrogens with one attached hydrogen (secondary N) is 1.